The van der Waals surface area contributed by atoms with Crippen LogP contribution in [0.1, 0.15) is 25.1 Å². The molecule has 0 bridgehead atoms. The summed E-state index contributed by atoms with van der Waals surface area (Å²) >= 11 is 0. The molecule has 1 unspecified atom stereocenters. The van der Waals surface area contributed by atoms with Crippen molar-refractivity contribution in [1.29, 1.82) is 0 Å². The normalized spacial score (nSPS) is 19.2. The zero-order chi connectivity index (χ0) is 15.5. The first-order valence-electron chi connectivity index (χ1n) is 7.49. The van der Waals surface area contributed by atoms with Crippen LogP contribution in [0.5, 0.6) is 0 Å². The van der Waals surface area contributed by atoms with Crippen molar-refractivity contribution in [3.8, 4) is 0 Å². The van der Waals surface area contributed by atoms with Gasteiger partial charge in [0.15, 0.2) is 0 Å². The Labute approximate surface area is 128 Å². The number of piperidine rings is 1. The van der Waals surface area contributed by atoms with Gasteiger partial charge in [0.1, 0.15) is 11.9 Å². The third-order valence-electron chi connectivity index (χ3n) is 4.10. The molecule has 1 N–H and O–H groups in total. The molecule has 6 nitrogen and oxygen atoms in total. The van der Waals surface area contributed by atoms with Crippen molar-refractivity contribution in [1.82, 2.24) is 14.9 Å². The van der Waals surface area contributed by atoms with E-state index in [1.807, 2.05) is 23.1 Å². The summed E-state index contributed by atoms with van der Waals surface area (Å²) in [5.74, 6) is 0.363. The summed E-state index contributed by atoms with van der Waals surface area (Å²) in [6.45, 7) is 1.25. The molecule has 0 aliphatic carbocycles. The number of aromatic amines is 1. The molecular weight excluding hydrogens is 282 g/mol. The zero-order valence-electron chi connectivity index (χ0n) is 12.5. The van der Waals surface area contributed by atoms with E-state index in [9.17, 15) is 9.59 Å². The second kappa shape index (κ2) is 6.27. The summed E-state index contributed by atoms with van der Waals surface area (Å²) in [7, 11) is 1.41. The maximum Gasteiger partial charge on any atom is 0.323 e. The second-order valence-corrected chi connectivity index (χ2v) is 5.53. The van der Waals surface area contributed by atoms with Crippen LogP contribution in [0.15, 0.2) is 29.1 Å². The molecule has 1 atom stereocenters. The number of nitrogens with zero attached hydrogens (tertiary/aromatic N) is 2. The molecule has 1 aliphatic rings. The minimum absolute atomic E-state index is 0.146. The smallest absolute Gasteiger partial charge is 0.323 e. The van der Waals surface area contributed by atoms with Crippen LogP contribution in [-0.4, -0.2) is 40.5 Å². The van der Waals surface area contributed by atoms with Crippen LogP contribution in [0.3, 0.4) is 0 Å². The van der Waals surface area contributed by atoms with Gasteiger partial charge in [-0.2, -0.15) is 0 Å². The first kappa shape index (κ1) is 14.7. The van der Waals surface area contributed by atoms with Crippen molar-refractivity contribution in [2.24, 2.45) is 0 Å². The highest BCUT2D eigenvalue weighted by Gasteiger charge is 2.29. The van der Waals surface area contributed by atoms with E-state index in [1.165, 1.54) is 7.11 Å². The monoisotopic (exact) mass is 301 g/mol. The molecule has 2 heterocycles. The van der Waals surface area contributed by atoms with E-state index in [0.717, 1.165) is 25.8 Å². The van der Waals surface area contributed by atoms with Gasteiger partial charge >= 0.3 is 5.97 Å². The average Bonchev–Trinajstić information content (AvgIpc) is 2.55. The number of benzene rings is 1. The Morgan fingerprint density at radius 2 is 2.23 bits per heavy atom. The topological polar surface area (TPSA) is 75.3 Å². The van der Waals surface area contributed by atoms with E-state index in [0.29, 0.717) is 23.3 Å². The number of para-hydroxylation sites is 1. The first-order chi connectivity index (χ1) is 10.7. The number of carbonyl (C=O) groups excluding carboxylic acids is 1. The molecule has 1 saturated heterocycles. The van der Waals surface area contributed by atoms with Crippen molar-refractivity contribution in [2.45, 2.75) is 31.8 Å². The highest BCUT2D eigenvalue weighted by Crippen LogP contribution is 2.20. The summed E-state index contributed by atoms with van der Waals surface area (Å²) in [5.41, 5.74) is 0.528. The first-order valence-corrected chi connectivity index (χ1v) is 7.49. The maximum atomic E-state index is 12.1. The number of ether oxygens (including phenoxy) is 1. The van der Waals surface area contributed by atoms with Crippen LogP contribution >= 0.6 is 0 Å². The molecule has 0 radical (unpaired) electrons. The summed E-state index contributed by atoms with van der Waals surface area (Å²) in [6, 6.07) is 6.99. The van der Waals surface area contributed by atoms with Gasteiger partial charge in [0.05, 0.1) is 24.6 Å². The number of hydrogen-bond donors (Lipinski definition) is 1. The predicted octanol–water partition coefficient (Wildman–Crippen LogP) is 1.45. The van der Waals surface area contributed by atoms with E-state index in [4.69, 9.17) is 4.74 Å². The van der Waals surface area contributed by atoms with Crippen LogP contribution in [0, 0.1) is 0 Å². The number of fused-ring (bicyclic) bond motifs is 1. The predicted molar refractivity (Wildman–Crippen MR) is 82.4 cm³/mol. The molecule has 0 amide bonds. The number of aromatic nitrogens is 2. The third kappa shape index (κ3) is 2.87. The van der Waals surface area contributed by atoms with Crippen LogP contribution in [0.4, 0.5) is 0 Å². The lowest BCUT2D eigenvalue weighted by Gasteiger charge is -2.33. The van der Waals surface area contributed by atoms with Crippen molar-refractivity contribution in [3.63, 3.8) is 0 Å². The molecule has 0 spiro atoms. The van der Waals surface area contributed by atoms with E-state index < -0.39 is 0 Å². The maximum absolute atomic E-state index is 12.1. The van der Waals surface area contributed by atoms with E-state index in [-0.39, 0.29) is 17.6 Å². The lowest BCUT2D eigenvalue weighted by Crippen LogP contribution is -2.45. The third-order valence-corrected chi connectivity index (χ3v) is 4.10. The fourth-order valence-corrected chi connectivity index (χ4v) is 2.99. The Balaban J connectivity index is 1.88. The Hall–Kier alpha value is -2.21. The van der Waals surface area contributed by atoms with Crippen LogP contribution in [0.25, 0.3) is 10.9 Å². The molecule has 116 valence electrons. The van der Waals surface area contributed by atoms with E-state index in [1.54, 1.807) is 6.07 Å². The number of nitrogens with one attached hydrogen (secondary N) is 1. The van der Waals surface area contributed by atoms with Gasteiger partial charge in [0.2, 0.25) is 0 Å². The quantitative estimate of drug-likeness (QED) is 0.869. The molecule has 0 saturated carbocycles. The molecule has 22 heavy (non-hydrogen) atoms. The molecule has 6 heteroatoms. The number of methoxy groups -OCH3 is 1. The van der Waals surface area contributed by atoms with Crippen LogP contribution in [-0.2, 0) is 16.1 Å². The van der Waals surface area contributed by atoms with Crippen molar-refractivity contribution in [3.05, 3.63) is 40.4 Å². The summed E-state index contributed by atoms with van der Waals surface area (Å²) in [4.78, 5) is 33.3. The van der Waals surface area contributed by atoms with Crippen molar-refractivity contribution in [2.75, 3.05) is 13.7 Å². The van der Waals surface area contributed by atoms with Gasteiger partial charge in [-0.3, -0.25) is 14.5 Å². The molecular formula is C16H19N3O3. The van der Waals surface area contributed by atoms with Crippen LogP contribution in [0.2, 0.25) is 0 Å². The lowest BCUT2D eigenvalue weighted by atomic mass is 10.0. The Morgan fingerprint density at radius 3 is 3.05 bits per heavy atom. The fraction of sp³-hybridized carbons (Fsp3) is 0.438. The molecule has 1 fully saturated rings. The Morgan fingerprint density at radius 1 is 1.41 bits per heavy atom. The van der Waals surface area contributed by atoms with Crippen molar-refractivity contribution >= 4 is 16.9 Å². The molecule has 2 aromatic rings. The lowest BCUT2D eigenvalue weighted by molar-refractivity contribution is -0.148. The van der Waals surface area contributed by atoms with Crippen LogP contribution < -0.4 is 5.56 Å². The SMILES string of the molecule is COC(=O)C1CCCCN1Cc1nc2ccccc2c(=O)[nH]1. The van der Waals surface area contributed by atoms with E-state index >= 15 is 0 Å². The summed E-state index contributed by atoms with van der Waals surface area (Å²) in [5, 5.41) is 0.578. The highest BCUT2D eigenvalue weighted by molar-refractivity contribution is 5.77. The highest BCUT2D eigenvalue weighted by atomic mass is 16.5. The number of likely N-dealkylation sites (tertiary alicyclic amines) is 1. The Bertz CT molecular complexity index is 741. The van der Waals surface area contributed by atoms with Crippen molar-refractivity contribution < 1.29 is 9.53 Å². The molecule has 1 aromatic heterocycles. The fourth-order valence-electron chi connectivity index (χ4n) is 2.99. The van der Waals surface area contributed by atoms with Gasteiger partial charge in [-0.05, 0) is 31.5 Å². The van der Waals surface area contributed by atoms with E-state index in [2.05, 4.69) is 9.97 Å². The largest absolute Gasteiger partial charge is 0.468 e. The minimum Gasteiger partial charge on any atom is -0.468 e. The standard InChI is InChI=1S/C16H19N3O3/c1-22-16(21)13-8-4-5-9-19(13)10-14-17-12-7-3-2-6-11(12)15(20)18-14/h2-3,6-7,13H,4-5,8-10H2,1H3,(H,17,18,20). The number of carbonyl (C=O) groups is 1. The number of esters is 1. The molecule has 1 aromatic carbocycles. The minimum atomic E-state index is -0.254. The number of H-pyrrole nitrogens is 1. The van der Waals surface area contributed by atoms with Gasteiger partial charge < -0.3 is 9.72 Å². The zero-order valence-corrected chi connectivity index (χ0v) is 12.5. The number of rotatable bonds is 3. The molecule has 1 aliphatic heterocycles. The summed E-state index contributed by atoms with van der Waals surface area (Å²) < 4.78 is 4.88. The average molecular weight is 301 g/mol. The summed E-state index contributed by atoms with van der Waals surface area (Å²) in [6.07, 6.45) is 2.83. The Kier molecular flexibility index (Phi) is 4.20. The molecule has 3 rings (SSSR count). The van der Waals surface area contributed by atoms with Gasteiger partial charge in [0, 0.05) is 0 Å². The van der Waals surface area contributed by atoms with Gasteiger partial charge in [-0.15, -0.1) is 0 Å². The second-order valence-electron chi connectivity index (χ2n) is 5.53. The number of hydrogen-bond acceptors (Lipinski definition) is 5. The van der Waals surface area contributed by atoms with Gasteiger partial charge in [0.25, 0.3) is 5.56 Å². The van der Waals surface area contributed by atoms with Gasteiger partial charge in [-0.1, -0.05) is 18.6 Å². The van der Waals surface area contributed by atoms with Gasteiger partial charge in [-0.25, -0.2) is 4.98 Å².